The SMILES string of the molecule is CCCCCCCCC=CCCCCCCCCOC(=O)CNC. The number of nitrogens with one attached hydrogen (secondary N) is 1. The average Bonchev–Trinajstić information content (AvgIpc) is 2.58. The number of hydrogen-bond donors (Lipinski definition) is 1. The number of likely N-dealkylation sites (N-methyl/N-ethyl adjacent to an activating group) is 1. The summed E-state index contributed by atoms with van der Waals surface area (Å²) < 4.78 is 5.09. The molecule has 0 aromatic rings. The van der Waals surface area contributed by atoms with E-state index in [0.29, 0.717) is 13.2 Å². The fourth-order valence-corrected chi connectivity index (χ4v) is 2.73. The monoisotopic (exact) mass is 339 g/mol. The molecule has 0 unspecified atom stereocenters. The van der Waals surface area contributed by atoms with Gasteiger partial charge in [-0.1, -0.05) is 76.9 Å². The lowest BCUT2D eigenvalue weighted by molar-refractivity contribution is -0.142. The summed E-state index contributed by atoms with van der Waals surface area (Å²) in [5.41, 5.74) is 0. The molecule has 0 aromatic heterocycles. The second-order valence-electron chi connectivity index (χ2n) is 6.69. The lowest BCUT2D eigenvalue weighted by Crippen LogP contribution is -2.21. The third kappa shape index (κ3) is 19.2. The molecule has 0 atom stereocenters. The van der Waals surface area contributed by atoms with Crippen molar-refractivity contribution in [3.8, 4) is 0 Å². The topological polar surface area (TPSA) is 38.3 Å². The highest BCUT2D eigenvalue weighted by Gasteiger charge is 1.99. The highest BCUT2D eigenvalue weighted by Crippen LogP contribution is 2.09. The first-order valence-electron chi connectivity index (χ1n) is 10.3. The van der Waals surface area contributed by atoms with Crippen LogP contribution in [0.5, 0.6) is 0 Å². The van der Waals surface area contributed by atoms with Crippen LogP contribution in [0.4, 0.5) is 0 Å². The summed E-state index contributed by atoms with van der Waals surface area (Å²) in [7, 11) is 1.76. The van der Waals surface area contributed by atoms with Gasteiger partial charge in [0.05, 0.1) is 13.2 Å². The van der Waals surface area contributed by atoms with Gasteiger partial charge in [0.25, 0.3) is 0 Å². The molecular weight excluding hydrogens is 298 g/mol. The van der Waals surface area contributed by atoms with Crippen LogP contribution < -0.4 is 5.32 Å². The summed E-state index contributed by atoms with van der Waals surface area (Å²) in [5.74, 6) is -0.148. The van der Waals surface area contributed by atoms with Gasteiger partial charge < -0.3 is 10.1 Å². The molecular formula is C21H41NO2. The molecule has 0 amide bonds. The van der Waals surface area contributed by atoms with Gasteiger partial charge in [-0.05, 0) is 39.2 Å². The van der Waals surface area contributed by atoms with Crippen LogP contribution in [0.15, 0.2) is 12.2 Å². The van der Waals surface area contributed by atoms with Crippen molar-refractivity contribution >= 4 is 5.97 Å². The van der Waals surface area contributed by atoms with Crippen molar-refractivity contribution in [1.29, 1.82) is 0 Å². The van der Waals surface area contributed by atoms with Gasteiger partial charge in [0.2, 0.25) is 0 Å². The van der Waals surface area contributed by atoms with E-state index >= 15 is 0 Å². The van der Waals surface area contributed by atoms with Crippen LogP contribution in [-0.4, -0.2) is 26.2 Å². The fourth-order valence-electron chi connectivity index (χ4n) is 2.73. The first-order chi connectivity index (χ1) is 11.8. The van der Waals surface area contributed by atoms with Crippen LogP contribution in [0, 0.1) is 0 Å². The summed E-state index contributed by atoms with van der Waals surface area (Å²) >= 11 is 0. The van der Waals surface area contributed by atoms with Crippen molar-refractivity contribution < 1.29 is 9.53 Å². The number of hydrogen-bond acceptors (Lipinski definition) is 3. The molecule has 0 saturated carbocycles. The minimum absolute atomic E-state index is 0.148. The van der Waals surface area contributed by atoms with Crippen LogP contribution in [0.1, 0.15) is 96.8 Å². The maximum Gasteiger partial charge on any atom is 0.319 e. The molecule has 0 aliphatic rings. The summed E-state index contributed by atoms with van der Waals surface area (Å²) in [6.45, 7) is 3.15. The number of allylic oxidation sites excluding steroid dienone is 2. The van der Waals surface area contributed by atoms with Crippen molar-refractivity contribution in [2.75, 3.05) is 20.2 Å². The molecule has 24 heavy (non-hydrogen) atoms. The fraction of sp³-hybridized carbons (Fsp3) is 0.857. The Morgan fingerprint density at radius 1 is 0.792 bits per heavy atom. The first kappa shape index (κ1) is 23.2. The van der Waals surface area contributed by atoms with Gasteiger partial charge in [-0.25, -0.2) is 0 Å². The number of rotatable bonds is 18. The van der Waals surface area contributed by atoms with E-state index in [0.717, 1.165) is 6.42 Å². The van der Waals surface area contributed by atoms with Crippen molar-refractivity contribution in [3.63, 3.8) is 0 Å². The second kappa shape index (κ2) is 20.2. The van der Waals surface area contributed by atoms with Gasteiger partial charge in [0, 0.05) is 0 Å². The Balaban J connectivity index is 3.11. The molecule has 0 saturated heterocycles. The molecule has 0 aliphatic carbocycles. The Morgan fingerprint density at radius 2 is 1.29 bits per heavy atom. The number of carbonyl (C=O) groups excluding carboxylic acids is 1. The largest absolute Gasteiger partial charge is 0.465 e. The van der Waals surface area contributed by atoms with Crippen molar-refractivity contribution in [2.45, 2.75) is 96.8 Å². The zero-order valence-corrected chi connectivity index (χ0v) is 16.3. The number of unbranched alkanes of at least 4 members (excludes halogenated alkanes) is 12. The molecule has 142 valence electrons. The van der Waals surface area contributed by atoms with E-state index in [1.807, 2.05) is 0 Å². The summed E-state index contributed by atoms with van der Waals surface area (Å²) in [6, 6.07) is 0. The standard InChI is InChI=1S/C21H41NO2/c1-3-4-5-6-7-8-9-10-11-12-13-14-15-16-17-18-19-24-21(23)20-22-2/h10-11,22H,3-9,12-20H2,1-2H3. The van der Waals surface area contributed by atoms with E-state index in [1.165, 1.54) is 83.5 Å². The zero-order valence-electron chi connectivity index (χ0n) is 16.3. The summed E-state index contributed by atoms with van der Waals surface area (Å²) in [4.78, 5) is 11.1. The molecule has 1 N–H and O–H groups in total. The van der Waals surface area contributed by atoms with Crippen LogP contribution >= 0.6 is 0 Å². The maximum atomic E-state index is 11.1. The molecule has 0 aliphatic heterocycles. The van der Waals surface area contributed by atoms with Gasteiger partial charge in [-0.2, -0.15) is 0 Å². The van der Waals surface area contributed by atoms with E-state index in [4.69, 9.17) is 4.74 Å². The number of carbonyl (C=O) groups is 1. The molecule has 3 heteroatoms. The Bertz CT molecular complexity index is 290. The third-order valence-electron chi connectivity index (χ3n) is 4.24. The van der Waals surface area contributed by atoms with Crippen molar-refractivity contribution in [2.24, 2.45) is 0 Å². The lowest BCUT2D eigenvalue weighted by atomic mass is 10.1. The van der Waals surface area contributed by atoms with Gasteiger partial charge in [-0.15, -0.1) is 0 Å². The van der Waals surface area contributed by atoms with Crippen LogP contribution in [-0.2, 0) is 9.53 Å². The average molecular weight is 340 g/mol. The Labute approximate surface area is 150 Å². The van der Waals surface area contributed by atoms with Crippen molar-refractivity contribution in [1.82, 2.24) is 5.32 Å². The Hall–Kier alpha value is -0.830. The zero-order chi connectivity index (χ0) is 17.7. The molecule has 0 radical (unpaired) electrons. The maximum absolute atomic E-state index is 11.1. The second-order valence-corrected chi connectivity index (χ2v) is 6.69. The Morgan fingerprint density at radius 3 is 1.83 bits per heavy atom. The minimum Gasteiger partial charge on any atom is -0.465 e. The van der Waals surface area contributed by atoms with Gasteiger partial charge in [0.15, 0.2) is 0 Å². The first-order valence-corrected chi connectivity index (χ1v) is 10.3. The smallest absolute Gasteiger partial charge is 0.319 e. The highest BCUT2D eigenvalue weighted by molar-refractivity contribution is 5.71. The molecule has 0 spiro atoms. The van der Waals surface area contributed by atoms with Gasteiger partial charge >= 0.3 is 5.97 Å². The van der Waals surface area contributed by atoms with Crippen LogP contribution in [0.3, 0.4) is 0 Å². The Kier molecular flexibility index (Phi) is 19.5. The molecule has 0 bridgehead atoms. The van der Waals surface area contributed by atoms with E-state index in [-0.39, 0.29) is 5.97 Å². The van der Waals surface area contributed by atoms with E-state index in [1.54, 1.807) is 7.05 Å². The van der Waals surface area contributed by atoms with Crippen molar-refractivity contribution in [3.05, 3.63) is 12.2 Å². The normalized spacial score (nSPS) is 11.2. The molecule has 0 heterocycles. The predicted molar refractivity (Wildman–Crippen MR) is 104 cm³/mol. The summed E-state index contributed by atoms with van der Waals surface area (Å²) in [5, 5.41) is 2.79. The predicted octanol–water partition coefficient (Wildman–Crippen LogP) is 5.79. The van der Waals surface area contributed by atoms with Crippen LogP contribution in [0.2, 0.25) is 0 Å². The quantitative estimate of drug-likeness (QED) is 0.195. The lowest BCUT2D eigenvalue weighted by Gasteiger charge is -2.04. The van der Waals surface area contributed by atoms with Gasteiger partial charge in [0.1, 0.15) is 0 Å². The summed E-state index contributed by atoms with van der Waals surface area (Å²) in [6.07, 6.45) is 22.9. The van der Waals surface area contributed by atoms with E-state index < -0.39 is 0 Å². The number of ether oxygens (including phenoxy) is 1. The molecule has 0 rings (SSSR count). The molecule has 3 nitrogen and oxygen atoms in total. The number of esters is 1. The minimum atomic E-state index is -0.148. The van der Waals surface area contributed by atoms with E-state index in [9.17, 15) is 4.79 Å². The molecule has 0 fully saturated rings. The third-order valence-corrected chi connectivity index (χ3v) is 4.24. The van der Waals surface area contributed by atoms with Crippen LogP contribution in [0.25, 0.3) is 0 Å². The molecule has 0 aromatic carbocycles. The highest BCUT2D eigenvalue weighted by atomic mass is 16.5. The van der Waals surface area contributed by atoms with Gasteiger partial charge in [-0.3, -0.25) is 4.79 Å². The van der Waals surface area contributed by atoms with E-state index in [2.05, 4.69) is 24.4 Å².